The Morgan fingerprint density at radius 3 is 2.57 bits per heavy atom. The summed E-state index contributed by atoms with van der Waals surface area (Å²) in [6.07, 6.45) is 5.49. The number of hydrogen-bond acceptors (Lipinski definition) is 7. The molecule has 0 radical (unpaired) electrons. The highest BCUT2D eigenvalue weighted by Crippen LogP contribution is 2.33. The molecule has 2 aromatic heterocycles. The van der Waals surface area contributed by atoms with Crippen LogP contribution in [0.25, 0.3) is 28.2 Å². The van der Waals surface area contributed by atoms with Gasteiger partial charge in [-0.05, 0) is 50.1 Å². The molecule has 2 atom stereocenters. The van der Waals surface area contributed by atoms with Crippen LogP contribution >= 0.6 is 0 Å². The molecule has 0 fully saturated rings. The number of nitrogens with one attached hydrogen (secondary N) is 2. The van der Waals surface area contributed by atoms with Crippen LogP contribution in [0.2, 0.25) is 0 Å². The third kappa shape index (κ3) is 4.34. The summed E-state index contributed by atoms with van der Waals surface area (Å²) in [7, 11) is -3.33. The third-order valence-corrected chi connectivity index (χ3v) is 8.33. The number of nitrogens with zero attached hydrogens (tertiary/aromatic N) is 2. The summed E-state index contributed by atoms with van der Waals surface area (Å²) in [4.78, 5) is 18.6. The van der Waals surface area contributed by atoms with Gasteiger partial charge >= 0.3 is 0 Å². The van der Waals surface area contributed by atoms with E-state index < -0.39 is 15.1 Å². The average Bonchev–Trinajstić information content (AvgIpc) is 3.51. The zero-order valence-electron chi connectivity index (χ0n) is 19.7. The molecule has 0 bridgehead atoms. The van der Waals surface area contributed by atoms with E-state index >= 15 is 0 Å². The van der Waals surface area contributed by atoms with Gasteiger partial charge in [0.05, 0.1) is 33.6 Å². The number of aromatic nitrogens is 3. The molecule has 2 aromatic carbocycles. The fraction of sp³-hybridized carbons (Fsp3) is 0.231. The molecule has 4 N–H and O–H groups in total. The fourth-order valence-corrected chi connectivity index (χ4v) is 5.06. The molecule has 0 saturated carbocycles. The Balaban J connectivity index is 1.46. The van der Waals surface area contributed by atoms with Gasteiger partial charge in [-0.3, -0.25) is 0 Å². The number of benzene rings is 2. The number of sulfone groups is 1. The van der Waals surface area contributed by atoms with Crippen LogP contribution in [0.1, 0.15) is 49.5 Å². The Morgan fingerprint density at radius 1 is 1.09 bits per heavy atom. The lowest BCUT2D eigenvalue weighted by molar-refractivity contribution is 0.162. The lowest BCUT2D eigenvalue weighted by Gasteiger charge is -2.11. The maximum absolute atomic E-state index is 12.4. The molecule has 1 aliphatic heterocycles. The molecule has 9 heteroatoms. The van der Waals surface area contributed by atoms with E-state index in [4.69, 9.17) is 15.6 Å². The van der Waals surface area contributed by atoms with Gasteiger partial charge in [-0.1, -0.05) is 36.4 Å². The summed E-state index contributed by atoms with van der Waals surface area (Å²) in [6.45, 7) is 5.30. The minimum absolute atomic E-state index is 0.0532. The predicted molar refractivity (Wildman–Crippen MR) is 136 cm³/mol. The summed E-state index contributed by atoms with van der Waals surface area (Å²) in [5.41, 5.74) is 14.7. The van der Waals surface area contributed by atoms with Gasteiger partial charge in [0.15, 0.2) is 21.2 Å². The highest BCUT2D eigenvalue weighted by Gasteiger charge is 2.24. The van der Waals surface area contributed by atoms with E-state index in [0.29, 0.717) is 27.5 Å². The Morgan fingerprint density at radius 2 is 1.86 bits per heavy atom. The predicted octanol–water partition coefficient (Wildman–Crippen LogP) is 4.44. The highest BCUT2D eigenvalue weighted by atomic mass is 32.2. The molecule has 8 nitrogen and oxygen atoms in total. The SMILES string of the molecule is CC(N)c1cccc(C2C=C(c3c[nH]c4ncc(-c5ccc(S(=O)(=O)C(C)C)cc5)nc34)ON2)c1. The smallest absolute Gasteiger partial charge is 0.180 e. The van der Waals surface area contributed by atoms with Crippen molar-refractivity contribution in [2.24, 2.45) is 5.73 Å². The summed E-state index contributed by atoms with van der Waals surface area (Å²) in [5, 5.41) is -0.481. The number of hydroxylamine groups is 1. The average molecular weight is 490 g/mol. The zero-order chi connectivity index (χ0) is 24.7. The second-order valence-corrected chi connectivity index (χ2v) is 11.5. The Kier molecular flexibility index (Phi) is 5.92. The minimum atomic E-state index is -3.33. The second kappa shape index (κ2) is 8.92. The molecular weight excluding hydrogens is 462 g/mol. The molecule has 4 aromatic rings. The minimum Gasteiger partial charge on any atom is -0.407 e. The maximum atomic E-state index is 12.4. The topological polar surface area (TPSA) is 123 Å². The van der Waals surface area contributed by atoms with Crippen molar-refractivity contribution in [3.05, 3.63) is 83.7 Å². The van der Waals surface area contributed by atoms with Crippen molar-refractivity contribution in [3.63, 3.8) is 0 Å². The van der Waals surface area contributed by atoms with Crippen molar-refractivity contribution in [1.82, 2.24) is 20.4 Å². The molecule has 5 rings (SSSR count). The van der Waals surface area contributed by atoms with E-state index in [2.05, 4.69) is 21.5 Å². The van der Waals surface area contributed by atoms with Gasteiger partial charge in [0.1, 0.15) is 5.52 Å². The van der Waals surface area contributed by atoms with Crippen LogP contribution in [0.3, 0.4) is 0 Å². The zero-order valence-corrected chi connectivity index (χ0v) is 20.5. The van der Waals surface area contributed by atoms with Gasteiger partial charge in [-0.2, -0.15) is 0 Å². The fourth-order valence-electron chi connectivity index (χ4n) is 4.00. The first-order valence-electron chi connectivity index (χ1n) is 11.4. The van der Waals surface area contributed by atoms with Crippen molar-refractivity contribution in [1.29, 1.82) is 0 Å². The van der Waals surface area contributed by atoms with Gasteiger partial charge in [0, 0.05) is 17.8 Å². The Labute approximate surface area is 204 Å². The first-order chi connectivity index (χ1) is 16.7. The van der Waals surface area contributed by atoms with E-state index in [9.17, 15) is 8.42 Å². The summed E-state index contributed by atoms with van der Waals surface area (Å²) >= 11 is 0. The number of aromatic amines is 1. The highest BCUT2D eigenvalue weighted by molar-refractivity contribution is 7.92. The Bertz CT molecular complexity index is 1520. The van der Waals surface area contributed by atoms with Gasteiger partial charge in [-0.15, -0.1) is 5.48 Å². The van der Waals surface area contributed by atoms with Gasteiger partial charge in [0.2, 0.25) is 0 Å². The molecule has 180 valence electrons. The summed E-state index contributed by atoms with van der Waals surface area (Å²) in [6, 6.07) is 14.7. The monoisotopic (exact) mass is 489 g/mol. The molecule has 0 amide bonds. The quantitative estimate of drug-likeness (QED) is 0.366. The first kappa shape index (κ1) is 23.2. The summed E-state index contributed by atoms with van der Waals surface area (Å²) in [5.74, 6) is 0.650. The van der Waals surface area contributed by atoms with Crippen molar-refractivity contribution in [2.45, 2.75) is 43.0 Å². The van der Waals surface area contributed by atoms with E-state index in [1.54, 1.807) is 44.3 Å². The molecule has 3 heterocycles. The molecule has 35 heavy (non-hydrogen) atoms. The molecular formula is C26H27N5O3S. The van der Waals surface area contributed by atoms with Crippen molar-refractivity contribution < 1.29 is 13.3 Å². The van der Waals surface area contributed by atoms with Gasteiger partial charge < -0.3 is 15.6 Å². The molecule has 0 aliphatic carbocycles. The molecule has 0 spiro atoms. The van der Waals surface area contributed by atoms with Crippen LogP contribution in [0.4, 0.5) is 0 Å². The normalized spacial score (nSPS) is 16.9. The number of rotatable bonds is 6. The number of H-pyrrole nitrogens is 1. The van der Waals surface area contributed by atoms with Gasteiger partial charge in [-0.25, -0.2) is 18.4 Å². The van der Waals surface area contributed by atoms with Crippen molar-refractivity contribution >= 4 is 26.8 Å². The number of nitrogens with two attached hydrogens (primary N) is 1. The van der Waals surface area contributed by atoms with Crippen LogP contribution < -0.4 is 11.2 Å². The van der Waals surface area contributed by atoms with E-state index in [1.165, 1.54) is 0 Å². The van der Waals surface area contributed by atoms with E-state index in [1.807, 2.05) is 37.4 Å². The van der Waals surface area contributed by atoms with Crippen LogP contribution in [-0.2, 0) is 14.7 Å². The van der Waals surface area contributed by atoms with Crippen molar-refractivity contribution in [2.75, 3.05) is 0 Å². The molecule has 1 aliphatic rings. The van der Waals surface area contributed by atoms with E-state index in [0.717, 1.165) is 22.3 Å². The van der Waals surface area contributed by atoms with Crippen molar-refractivity contribution in [3.8, 4) is 11.3 Å². The van der Waals surface area contributed by atoms with E-state index in [-0.39, 0.29) is 12.1 Å². The van der Waals surface area contributed by atoms with Crippen LogP contribution in [0.15, 0.2) is 71.9 Å². The largest absolute Gasteiger partial charge is 0.407 e. The van der Waals surface area contributed by atoms with Crippen LogP contribution in [0, 0.1) is 0 Å². The number of fused-ring (bicyclic) bond motifs is 1. The standard InChI is InChI=1S/C26H27N5O3S/c1-15(2)35(32,33)20-9-7-17(8-10-20)23-14-29-26-25(30-23)21(13-28-26)24-12-22(31-34-24)19-6-4-5-18(11-19)16(3)27/h4-16,22,31H,27H2,1-3H3,(H,28,29). The Hall–Kier alpha value is -3.53. The second-order valence-electron chi connectivity index (χ2n) is 8.96. The maximum Gasteiger partial charge on any atom is 0.180 e. The lowest BCUT2D eigenvalue weighted by atomic mass is 10.0. The first-order valence-corrected chi connectivity index (χ1v) is 13.0. The summed E-state index contributed by atoms with van der Waals surface area (Å²) < 4.78 is 24.9. The number of hydrogen-bond donors (Lipinski definition) is 3. The molecule has 2 unspecified atom stereocenters. The van der Waals surface area contributed by atoms with Crippen LogP contribution in [-0.4, -0.2) is 28.6 Å². The van der Waals surface area contributed by atoms with Gasteiger partial charge in [0.25, 0.3) is 0 Å². The van der Waals surface area contributed by atoms with Crippen LogP contribution in [0.5, 0.6) is 0 Å². The third-order valence-electron chi connectivity index (χ3n) is 6.15. The molecule has 0 saturated heterocycles. The lowest BCUT2D eigenvalue weighted by Crippen LogP contribution is -2.13.